The van der Waals surface area contributed by atoms with Crippen LogP contribution in [0, 0.1) is 12.7 Å². The summed E-state index contributed by atoms with van der Waals surface area (Å²) in [6, 6.07) is 5.29. The van der Waals surface area contributed by atoms with E-state index < -0.39 is 17.9 Å². The van der Waals surface area contributed by atoms with Gasteiger partial charge in [-0.1, -0.05) is 12.1 Å². The minimum Gasteiger partial charge on any atom is -0.405 e. The zero-order valence-corrected chi connectivity index (χ0v) is 10.7. The first kappa shape index (κ1) is 15.0. The summed E-state index contributed by atoms with van der Waals surface area (Å²) in [6.07, 6.45) is -4.86. The number of aromatic nitrogens is 2. The van der Waals surface area contributed by atoms with E-state index in [2.05, 4.69) is 14.7 Å². The van der Waals surface area contributed by atoms with Crippen LogP contribution in [-0.2, 0) is 0 Å². The van der Waals surface area contributed by atoms with Crippen LogP contribution in [0.15, 0.2) is 24.3 Å². The van der Waals surface area contributed by atoms with Gasteiger partial charge < -0.3 is 10.2 Å². The zero-order chi connectivity index (χ0) is 15.6. The van der Waals surface area contributed by atoms with Crippen molar-refractivity contribution in [1.82, 2.24) is 9.97 Å². The Morgan fingerprint density at radius 1 is 1.19 bits per heavy atom. The number of nitrogens with one attached hydrogen (secondary N) is 1. The SMILES string of the molecule is Cc1nc(-c2ccccc2OC(F)(F)F)nc(NN)c1F. The molecule has 0 saturated heterocycles. The summed E-state index contributed by atoms with van der Waals surface area (Å²) in [5, 5.41) is 0. The van der Waals surface area contributed by atoms with Gasteiger partial charge in [0.05, 0.1) is 11.3 Å². The Morgan fingerprint density at radius 3 is 2.48 bits per heavy atom. The maximum atomic E-state index is 13.6. The average molecular weight is 302 g/mol. The summed E-state index contributed by atoms with van der Waals surface area (Å²) in [4.78, 5) is 7.56. The molecule has 0 aliphatic rings. The lowest BCUT2D eigenvalue weighted by molar-refractivity contribution is -0.274. The van der Waals surface area contributed by atoms with Gasteiger partial charge >= 0.3 is 6.36 Å². The molecule has 21 heavy (non-hydrogen) atoms. The Balaban J connectivity index is 2.55. The minimum atomic E-state index is -4.86. The Morgan fingerprint density at radius 2 is 1.86 bits per heavy atom. The van der Waals surface area contributed by atoms with Crippen LogP contribution in [0.5, 0.6) is 5.75 Å². The summed E-state index contributed by atoms with van der Waals surface area (Å²) in [5.74, 6) is 3.39. The molecule has 1 aromatic heterocycles. The number of nitrogens with zero attached hydrogens (tertiary/aromatic N) is 2. The lowest BCUT2D eigenvalue weighted by Crippen LogP contribution is -2.18. The highest BCUT2D eigenvalue weighted by Crippen LogP contribution is 2.32. The molecule has 0 amide bonds. The van der Waals surface area contributed by atoms with Crippen LogP contribution in [0.4, 0.5) is 23.4 Å². The molecule has 9 heteroatoms. The molecule has 2 aromatic rings. The maximum absolute atomic E-state index is 13.6. The van der Waals surface area contributed by atoms with Crippen molar-refractivity contribution in [2.45, 2.75) is 13.3 Å². The molecule has 0 aliphatic carbocycles. The highest BCUT2D eigenvalue weighted by atomic mass is 19.4. The van der Waals surface area contributed by atoms with Crippen molar-refractivity contribution in [3.63, 3.8) is 0 Å². The van der Waals surface area contributed by atoms with Crippen LogP contribution in [0.25, 0.3) is 11.4 Å². The third kappa shape index (κ3) is 3.37. The van der Waals surface area contributed by atoms with E-state index in [1.807, 2.05) is 5.43 Å². The average Bonchev–Trinajstić information content (AvgIpc) is 2.40. The molecule has 0 aliphatic heterocycles. The van der Waals surface area contributed by atoms with Crippen molar-refractivity contribution in [1.29, 1.82) is 0 Å². The normalized spacial score (nSPS) is 11.3. The highest BCUT2D eigenvalue weighted by molar-refractivity contribution is 5.65. The summed E-state index contributed by atoms with van der Waals surface area (Å²) in [6.45, 7) is 1.34. The molecule has 112 valence electrons. The van der Waals surface area contributed by atoms with Crippen molar-refractivity contribution in [3.8, 4) is 17.1 Å². The fourth-order valence-corrected chi connectivity index (χ4v) is 1.64. The number of hydrogen-bond acceptors (Lipinski definition) is 5. The molecule has 0 unspecified atom stereocenters. The van der Waals surface area contributed by atoms with Crippen molar-refractivity contribution in [3.05, 3.63) is 35.8 Å². The number of alkyl halides is 3. The highest BCUT2D eigenvalue weighted by Gasteiger charge is 2.32. The number of nitrogen functional groups attached to an aromatic ring is 1. The fourth-order valence-electron chi connectivity index (χ4n) is 1.64. The predicted octanol–water partition coefficient (Wildman–Crippen LogP) is 2.78. The molecule has 0 atom stereocenters. The van der Waals surface area contributed by atoms with E-state index in [4.69, 9.17) is 5.84 Å². The van der Waals surface area contributed by atoms with Gasteiger partial charge in [-0.05, 0) is 19.1 Å². The minimum absolute atomic E-state index is 0.0329. The number of anilines is 1. The Bertz CT molecular complexity index is 660. The molecular formula is C12H10F4N4O. The number of ether oxygens (including phenoxy) is 1. The Hall–Kier alpha value is -2.42. The molecule has 0 saturated carbocycles. The number of hydrazine groups is 1. The molecule has 2 rings (SSSR count). The van der Waals surface area contributed by atoms with Crippen LogP contribution in [0.3, 0.4) is 0 Å². The largest absolute Gasteiger partial charge is 0.573 e. The number of halogens is 4. The van der Waals surface area contributed by atoms with Gasteiger partial charge in [0.1, 0.15) is 5.75 Å². The van der Waals surface area contributed by atoms with Crippen molar-refractivity contribution in [2.75, 3.05) is 5.43 Å². The maximum Gasteiger partial charge on any atom is 0.573 e. The van der Waals surface area contributed by atoms with Gasteiger partial charge in [0.25, 0.3) is 0 Å². The molecule has 1 aromatic carbocycles. The van der Waals surface area contributed by atoms with Gasteiger partial charge in [0, 0.05) is 0 Å². The van der Waals surface area contributed by atoms with E-state index >= 15 is 0 Å². The van der Waals surface area contributed by atoms with Gasteiger partial charge in [-0.2, -0.15) is 0 Å². The molecule has 0 fully saturated rings. The van der Waals surface area contributed by atoms with Gasteiger partial charge in [-0.3, -0.25) is 0 Å². The smallest absolute Gasteiger partial charge is 0.405 e. The summed E-state index contributed by atoms with van der Waals surface area (Å²) in [5.41, 5.74) is 1.93. The monoisotopic (exact) mass is 302 g/mol. The van der Waals surface area contributed by atoms with Crippen LogP contribution >= 0.6 is 0 Å². The Labute approximate surface area is 116 Å². The summed E-state index contributed by atoms with van der Waals surface area (Å²) < 4.78 is 54.6. The predicted molar refractivity (Wildman–Crippen MR) is 66.7 cm³/mol. The van der Waals surface area contributed by atoms with Gasteiger partial charge in [-0.15, -0.1) is 13.2 Å². The quantitative estimate of drug-likeness (QED) is 0.518. The number of rotatable bonds is 3. The molecule has 0 spiro atoms. The molecule has 5 nitrogen and oxygen atoms in total. The van der Waals surface area contributed by atoms with Crippen LogP contribution < -0.4 is 16.0 Å². The first-order valence-electron chi connectivity index (χ1n) is 5.67. The standard InChI is InChI=1S/C12H10F4N4O/c1-6-9(13)11(20-17)19-10(18-6)7-4-2-3-5-8(7)21-12(14,15)16/h2-5H,17H2,1H3,(H,18,19,20). The molecule has 0 bridgehead atoms. The number of aryl methyl sites for hydroxylation is 1. The number of nitrogens with two attached hydrogens (primary N) is 1. The van der Waals surface area contributed by atoms with Gasteiger partial charge in [-0.25, -0.2) is 20.2 Å². The van der Waals surface area contributed by atoms with Crippen molar-refractivity contribution >= 4 is 5.82 Å². The van der Waals surface area contributed by atoms with E-state index in [1.165, 1.54) is 25.1 Å². The molecule has 3 N–H and O–H groups in total. The van der Waals surface area contributed by atoms with Crippen LogP contribution in [0.2, 0.25) is 0 Å². The van der Waals surface area contributed by atoms with Crippen molar-refractivity contribution < 1.29 is 22.3 Å². The first-order chi connectivity index (χ1) is 9.81. The van der Waals surface area contributed by atoms with E-state index in [0.29, 0.717) is 0 Å². The van der Waals surface area contributed by atoms with Gasteiger partial charge in [0.2, 0.25) is 0 Å². The van der Waals surface area contributed by atoms with Gasteiger partial charge in [0.15, 0.2) is 17.5 Å². The summed E-state index contributed by atoms with van der Waals surface area (Å²) in [7, 11) is 0. The van der Waals surface area contributed by atoms with E-state index in [1.54, 1.807) is 0 Å². The second-order valence-corrected chi connectivity index (χ2v) is 3.98. The van der Waals surface area contributed by atoms with E-state index in [9.17, 15) is 17.6 Å². The summed E-state index contributed by atoms with van der Waals surface area (Å²) >= 11 is 0. The molecule has 1 heterocycles. The van der Waals surface area contributed by atoms with Crippen LogP contribution in [-0.4, -0.2) is 16.3 Å². The first-order valence-corrected chi connectivity index (χ1v) is 5.67. The van der Waals surface area contributed by atoms with Crippen LogP contribution in [0.1, 0.15) is 5.69 Å². The lowest BCUT2D eigenvalue weighted by Gasteiger charge is -2.13. The number of benzene rings is 1. The zero-order valence-electron chi connectivity index (χ0n) is 10.7. The number of para-hydroxylation sites is 1. The molecule has 0 radical (unpaired) electrons. The number of hydrogen-bond donors (Lipinski definition) is 2. The second-order valence-electron chi connectivity index (χ2n) is 3.98. The van der Waals surface area contributed by atoms with Crippen molar-refractivity contribution in [2.24, 2.45) is 5.84 Å². The Kier molecular flexibility index (Phi) is 3.94. The van der Waals surface area contributed by atoms with E-state index in [0.717, 1.165) is 6.07 Å². The third-order valence-electron chi connectivity index (χ3n) is 2.51. The fraction of sp³-hybridized carbons (Fsp3) is 0.167. The topological polar surface area (TPSA) is 73.1 Å². The second kappa shape index (κ2) is 5.52. The molecular weight excluding hydrogens is 292 g/mol. The van der Waals surface area contributed by atoms with E-state index in [-0.39, 0.29) is 22.9 Å². The lowest BCUT2D eigenvalue weighted by atomic mass is 10.2. The third-order valence-corrected chi connectivity index (χ3v) is 2.51.